The van der Waals surface area contributed by atoms with Crippen molar-refractivity contribution in [3.63, 3.8) is 0 Å². The lowest BCUT2D eigenvalue weighted by molar-refractivity contribution is 0.319. The number of hydrogen-bond acceptors (Lipinski definition) is 4. The van der Waals surface area contributed by atoms with Crippen LogP contribution in [0.2, 0.25) is 0 Å². The summed E-state index contributed by atoms with van der Waals surface area (Å²) >= 11 is 1.55. The third-order valence-corrected chi connectivity index (χ3v) is 4.02. The molecule has 0 aromatic carbocycles. The van der Waals surface area contributed by atoms with Gasteiger partial charge in [0, 0.05) is 6.54 Å². The van der Waals surface area contributed by atoms with Gasteiger partial charge in [-0.05, 0) is 28.8 Å². The van der Waals surface area contributed by atoms with Crippen LogP contribution in [-0.2, 0) is 16.6 Å². The van der Waals surface area contributed by atoms with E-state index in [4.69, 9.17) is 5.11 Å². The van der Waals surface area contributed by atoms with Crippen LogP contribution in [0.25, 0.3) is 0 Å². The minimum atomic E-state index is -3.32. The topological polar surface area (TPSA) is 66.4 Å². The zero-order valence-electron chi connectivity index (χ0n) is 7.86. The van der Waals surface area contributed by atoms with Crippen LogP contribution >= 0.6 is 11.3 Å². The molecule has 0 unspecified atom stereocenters. The molecule has 0 aliphatic heterocycles. The molecule has 2 N–H and O–H groups in total. The van der Waals surface area contributed by atoms with Crippen molar-refractivity contribution in [2.45, 2.75) is 13.5 Å². The minimum absolute atomic E-state index is 0.240. The van der Waals surface area contributed by atoms with Gasteiger partial charge in [0.1, 0.15) is 0 Å². The summed E-state index contributed by atoms with van der Waals surface area (Å²) in [5.41, 5.74) is 2.07. The first-order chi connectivity index (χ1) is 6.55. The lowest BCUT2D eigenvalue weighted by Gasteiger charge is -2.04. The van der Waals surface area contributed by atoms with Gasteiger partial charge in [0.25, 0.3) is 0 Å². The van der Waals surface area contributed by atoms with Gasteiger partial charge in [-0.2, -0.15) is 11.3 Å². The Bertz CT molecular complexity index is 383. The lowest BCUT2D eigenvalue weighted by Crippen LogP contribution is -2.27. The van der Waals surface area contributed by atoms with E-state index in [0.717, 1.165) is 11.1 Å². The minimum Gasteiger partial charge on any atom is -0.395 e. The molecule has 0 saturated heterocycles. The van der Waals surface area contributed by atoms with Crippen LogP contribution in [0, 0.1) is 6.92 Å². The molecule has 1 aromatic rings. The predicted molar refractivity (Wildman–Crippen MR) is 56.8 cm³/mol. The molecule has 0 spiro atoms. The number of nitrogens with one attached hydrogen (secondary N) is 1. The molecule has 4 nitrogen and oxygen atoms in total. The maximum Gasteiger partial charge on any atom is 0.214 e. The van der Waals surface area contributed by atoms with E-state index in [-0.39, 0.29) is 12.4 Å². The number of sulfonamides is 1. The zero-order chi connectivity index (χ0) is 10.6. The summed E-state index contributed by atoms with van der Waals surface area (Å²) in [4.78, 5) is 0. The summed E-state index contributed by atoms with van der Waals surface area (Å²) in [6.07, 6.45) is 0. The SMILES string of the molecule is Cc1cscc1CNS(=O)(=O)CCO. The number of hydrogen-bond donors (Lipinski definition) is 2. The van der Waals surface area contributed by atoms with Gasteiger partial charge in [0.05, 0.1) is 12.4 Å². The van der Waals surface area contributed by atoms with Gasteiger partial charge in [-0.25, -0.2) is 13.1 Å². The fourth-order valence-electron chi connectivity index (χ4n) is 0.948. The highest BCUT2D eigenvalue weighted by molar-refractivity contribution is 7.89. The quantitative estimate of drug-likeness (QED) is 0.779. The van der Waals surface area contributed by atoms with Crippen molar-refractivity contribution in [2.75, 3.05) is 12.4 Å². The molecule has 6 heteroatoms. The van der Waals surface area contributed by atoms with E-state index in [9.17, 15) is 8.42 Å². The molecule has 80 valence electrons. The van der Waals surface area contributed by atoms with Crippen molar-refractivity contribution in [1.29, 1.82) is 0 Å². The predicted octanol–water partition coefficient (Wildman–Crippen LogP) is 0.468. The number of aryl methyl sites for hydroxylation is 1. The van der Waals surface area contributed by atoms with Gasteiger partial charge in [-0.3, -0.25) is 0 Å². The molecule has 0 atom stereocenters. The van der Waals surface area contributed by atoms with E-state index in [1.165, 1.54) is 0 Å². The first-order valence-corrected chi connectivity index (χ1v) is 6.74. The van der Waals surface area contributed by atoms with Crippen LogP contribution in [0.15, 0.2) is 10.8 Å². The van der Waals surface area contributed by atoms with Crippen LogP contribution in [-0.4, -0.2) is 25.9 Å². The molecule has 0 aliphatic rings. The Morgan fingerprint density at radius 2 is 2.21 bits per heavy atom. The molecule has 1 heterocycles. The summed E-state index contributed by atoms with van der Waals surface area (Å²) in [6.45, 7) is 1.89. The molecule has 0 saturated carbocycles. The number of thiophene rings is 1. The fourth-order valence-corrected chi connectivity index (χ4v) is 2.57. The maximum absolute atomic E-state index is 11.2. The van der Waals surface area contributed by atoms with Crippen molar-refractivity contribution in [3.8, 4) is 0 Å². The fraction of sp³-hybridized carbons (Fsp3) is 0.500. The third kappa shape index (κ3) is 3.38. The van der Waals surface area contributed by atoms with Crippen molar-refractivity contribution in [3.05, 3.63) is 21.9 Å². The van der Waals surface area contributed by atoms with E-state index >= 15 is 0 Å². The standard InChI is InChI=1S/C8H13NO3S2/c1-7-5-13-6-8(7)4-9-14(11,12)3-2-10/h5-6,9-10H,2-4H2,1H3. The highest BCUT2D eigenvalue weighted by Crippen LogP contribution is 2.13. The van der Waals surface area contributed by atoms with Crippen LogP contribution in [0.4, 0.5) is 0 Å². The van der Waals surface area contributed by atoms with Crippen molar-refractivity contribution < 1.29 is 13.5 Å². The Kier molecular flexibility index (Phi) is 4.06. The highest BCUT2D eigenvalue weighted by Gasteiger charge is 2.09. The van der Waals surface area contributed by atoms with E-state index in [1.807, 2.05) is 17.7 Å². The normalized spacial score (nSPS) is 11.9. The molecule has 1 rings (SSSR count). The van der Waals surface area contributed by atoms with E-state index < -0.39 is 10.0 Å². The van der Waals surface area contributed by atoms with Crippen molar-refractivity contribution in [2.24, 2.45) is 0 Å². The largest absolute Gasteiger partial charge is 0.395 e. The smallest absolute Gasteiger partial charge is 0.214 e. The summed E-state index contributed by atoms with van der Waals surface area (Å²) < 4.78 is 24.8. The second-order valence-corrected chi connectivity index (χ2v) is 5.61. The Labute approximate surface area is 87.6 Å². The second-order valence-electron chi connectivity index (χ2n) is 2.94. The Hall–Kier alpha value is -0.430. The molecule has 0 radical (unpaired) electrons. The second kappa shape index (κ2) is 4.88. The monoisotopic (exact) mass is 235 g/mol. The average molecular weight is 235 g/mol. The molecule has 0 amide bonds. The van der Waals surface area contributed by atoms with Gasteiger partial charge < -0.3 is 5.11 Å². The molecule has 0 aliphatic carbocycles. The molecule has 1 aromatic heterocycles. The molecular formula is C8H13NO3S2. The number of aliphatic hydroxyl groups excluding tert-OH is 1. The average Bonchev–Trinajstić information content (AvgIpc) is 2.48. The Balaban J connectivity index is 2.53. The van der Waals surface area contributed by atoms with Crippen LogP contribution in [0.5, 0.6) is 0 Å². The van der Waals surface area contributed by atoms with E-state index in [1.54, 1.807) is 11.3 Å². The summed E-state index contributed by atoms with van der Waals surface area (Å²) in [6, 6.07) is 0. The first-order valence-electron chi connectivity index (χ1n) is 4.15. The first kappa shape index (κ1) is 11.6. The lowest BCUT2D eigenvalue weighted by atomic mass is 10.2. The van der Waals surface area contributed by atoms with Gasteiger partial charge in [-0.1, -0.05) is 0 Å². The van der Waals surface area contributed by atoms with E-state index in [2.05, 4.69) is 4.72 Å². The maximum atomic E-state index is 11.2. The van der Waals surface area contributed by atoms with Gasteiger partial charge in [0.15, 0.2) is 0 Å². The molecule has 14 heavy (non-hydrogen) atoms. The van der Waals surface area contributed by atoms with Crippen LogP contribution in [0.3, 0.4) is 0 Å². The Morgan fingerprint density at radius 1 is 1.50 bits per heavy atom. The van der Waals surface area contributed by atoms with Gasteiger partial charge in [-0.15, -0.1) is 0 Å². The molecule has 0 fully saturated rings. The molecule has 0 bridgehead atoms. The van der Waals surface area contributed by atoms with Crippen molar-refractivity contribution in [1.82, 2.24) is 4.72 Å². The van der Waals surface area contributed by atoms with Gasteiger partial charge >= 0.3 is 0 Å². The number of rotatable bonds is 5. The van der Waals surface area contributed by atoms with Crippen LogP contribution in [0.1, 0.15) is 11.1 Å². The molecular weight excluding hydrogens is 222 g/mol. The summed E-state index contributed by atoms with van der Waals surface area (Å²) in [7, 11) is -3.32. The van der Waals surface area contributed by atoms with Crippen molar-refractivity contribution >= 4 is 21.4 Å². The highest BCUT2D eigenvalue weighted by atomic mass is 32.2. The summed E-state index contributed by atoms with van der Waals surface area (Å²) in [5.74, 6) is -0.240. The zero-order valence-corrected chi connectivity index (χ0v) is 9.49. The third-order valence-electron chi connectivity index (χ3n) is 1.80. The van der Waals surface area contributed by atoms with E-state index in [0.29, 0.717) is 6.54 Å². The summed E-state index contributed by atoms with van der Waals surface area (Å²) in [5, 5.41) is 12.4. The van der Waals surface area contributed by atoms with Gasteiger partial charge in [0.2, 0.25) is 10.0 Å². The number of aliphatic hydroxyl groups is 1. The Morgan fingerprint density at radius 3 is 2.71 bits per heavy atom. The van der Waals surface area contributed by atoms with Crippen LogP contribution < -0.4 is 4.72 Å².